The van der Waals surface area contributed by atoms with Crippen LogP contribution in [0.3, 0.4) is 0 Å². The summed E-state index contributed by atoms with van der Waals surface area (Å²) in [5.74, 6) is -0.792. The summed E-state index contributed by atoms with van der Waals surface area (Å²) in [6.07, 6.45) is -0.962. The molecule has 1 aromatic heterocycles. The van der Waals surface area contributed by atoms with Crippen molar-refractivity contribution in [2.75, 3.05) is 19.4 Å². The van der Waals surface area contributed by atoms with E-state index in [-0.39, 0.29) is 15.5 Å². The Morgan fingerprint density at radius 3 is 2.70 bits per heavy atom. The lowest BCUT2D eigenvalue weighted by atomic mass is 10.2. The Balaban J connectivity index is 1.82. The third kappa shape index (κ3) is 5.83. The van der Waals surface area contributed by atoms with Gasteiger partial charge in [0.05, 0.1) is 15.3 Å². The van der Waals surface area contributed by atoms with E-state index >= 15 is 0 Å². The lowest BCUT2D eigenvalue weighted by Crippen LogP contribution is -2.52. The number of nitrogens with one attached hydrogen (secondary N) is 1. The van der Waals surface area contributed by atoms with Gasteiger partial charge in [0.1, 0.15) is 47.0 Å². The van der Waals surface area contributed by atoms with Crippen molar-refractivity contribution in [3.05, 3.63) is 52.3 Å². The molecule has 2 aromatic carbocycles. The molecule has 3 rings (SSSR count). The molecule has 33 heavy (non-hydrogen) atoms. The van der Waals surface area contributed by atoms with Gasteiger partial charge in [-0.1, -0.05) is 11.6 Å². The lowest BCUT2D eigenvalue weighted by Gasteiger charge is -2.14. The standard InChI is InChI=1S/C19H18ClFN3O6PS2/c1-11-15-6-14(29-5-4-22)7-16(20)18(15)32-19(11)33(27,28)24-10-31(25,26)30-13-3-2-12(9-23)17(21)8-13/h2-3,6-8,24H,4-5,10,22H2,1H3,(H,25,26)/p+1. The number of fused-ring (bicyclic) bond motifs is 1. The maximum atomic E-state index is 13.7. The number of quaternary nitrogens is 1. The highest BCUT2D eigenvalue weighted by molar-refractivity contribution is 7.92. The van der Waals surface area contributed by atoms with Crippen molar-refractivity contribution >= 4 is 50.6 Å². The second kappa shape index (κ2) is 9.95. The number of halogens is 2. The first kappa shape index (κ1) is 25.4. The minimum atomic E-state index is -4.54. The van der Waals surface area contributed by atoms with Crippen LogP contribution in [0.15, 0.2) is 34.5 Å². The predicted octanol–water partition coefficient (Wildman–Crippen LogP) is 2.99. The Hall–Kier alpha value is -2.23. The lowest BCUT2D eigenvalue weighted by molar-refractivity contribution is -0.370. The first-order chi connectivity index (χ1) is 15.5. The van der Waals surface area contributed by atoms with Gasteiger partial charge in [-0.25, -0.2) is 17.4 Å². The molecular formula is C19H19ClFN3O6PS2+. The maximum Gasteiger partial charge on any atom is 0.391 e. The average Bonchev–Trinajstić information content (AvgIpc) is 3.09. The van der Waals surface area contributed by atoms with Crippen LogP contribution in [0.1, 0.15) is 11.1 Å². The van der Waals surface area contributed by atoms with Crippen molar-refractivity contribution in [1.29, 1.82) is 5.26 Å². The van der Waals surface area contributed by atoms with E-state index in [2.05, 4.69) is 10.5 Å². The van der Waals surface area contributed by atoms with Gasteiger partial charge in [-0.05, 0) is 30.7 Å². The summed E-state index contributed by atoms with van der Waals surface area (Å²) in [5, 5.41) is 9.62. The van der Waals surface area contributed by atoms with Crippen LogP contribution in [-0.4, -0.2) is 32.7 Å². The zero-order valence-corrected chi connectivity index (χ0v) is 20.5. The average molecular weight is 535 g/mol. The number of aryl methyl sites for hydroxylation is 1. The number of rotatable bonds is 9. The van der Waals surface area contributed by atoms with Gasteiger partial charge in [0, 0.05) is 17.5 Å². The second-order valence-electron chi connectivity index (χ2n) is 6.79. The molecule has 0 saturated carbocycles. The van der Waals surface area contributed by atoms with E-state index in [0.717, 1.165) is 29.5 Å². The third-order valence-corrected chi connectivity index (χ3v) is 9.38. The molecule has 0 aliphatic heterocycles. The van der Waals surface area contributed by atoms with Gasteiger partial charge in [0.25, 0.3) is 10.0 Å². The number of ether oxygens (including phenoxy) is 1. The largest absolute Gasteiger partial charge is 0.488 e. The molecule has 0 saturated heterocycles. The Morgan fingerprint density at radius 1 is 1.33 bits per heavy atom. The van der Waals surface area contributed by atoms with Gasteiger partial charge in [0.2, 0.25) is 0 Å². The van der Waals surface area contributed by atoms with E-state index in [9.17, 15) is 22.3 Å². The first-order valence-electron chi connectivity index (χ1n) is 9.33. The minimum absolute atomic E-state index is 0.0851. The number of hydrogen-bond donors (Lipinski definition) is 3. The molecule has 0 fully saturated rings. The van der Waals surface area contributed by atoms with Crippen LogP contribution in [0.4, 0.5) is 4.39 Å². The molecule has 3 aromatic rings. The van der Waals surface area contributed by atoms with E-state index in [0.29, 0.717) is 39.6 Å². The molecule has 1 unspecified atom stereocenters. The predicted molar refractivity (Wildman–Crippen MR) is 122 cm³/mol. The zero-order valence-electron chi connectivity index (χ0n) is 17.2. The molecule has 9 nitrogen and oxygen atoms in total. The molecule has 0 spiro atoms. The number of sulfonamides is 1. The Labute approximate surface area is 198 Å². The molecule has 14 heteroatoms. The molecule has 0 bridgehead atoms. The fourth-order valence-electron chi connectivity index (χ4n) is 2.83. The quantitative estimate of drug-likeness (QED) is 0.357. The van der Waals surface area contributed by atoms with Crippen LogP contribution >= 0.6 is 30.5 Å². The third-order valence-electron chi connectivity index (χ3n) is 4.34. The van der Waals surface area contributed by atoms with E-state index in [4.69, 9.17) is 26.1 Å². The van der Waals surface area contributed by atoms with E-state index in [1.807, 2.05) is 0 Å². The van der Waals surface area contributed by atoms with Crippen molar-refractivity contribution in [2.24, 2.45) is 0 Å². The molecule has 0 aliphatic rings. The summed E-state index contributed by atoms with van der Waals surface area (Å²) in [5.41, 5.74) is 3.82. The molecule has 0 aliphatic carbocycles. The normalized spacial score (nSPS) is 13.5. The zero-order chi connectivity index (χ0) is 24.4. The van der Waals surface area contributed by atoms with E-state index in [1.54, 1.807) is 25.1 Å². The summed E-state index contributed by atoms with van der Waals surface area (Å²) < 4.78 is 64.7. The number of thiophene rings is 1. The number of benzene rings is 2. The highest BCUT2D eigenvalue weighted by atomic mass is 35.5. The van der Waals surface area contributed by atoms with Gasteiger partial charge in [-0.2, -0.15) is 9.98 Å². The van der Waals surface area contributed by atoms with Gasteiger partial charge in [-0.3, -0.25) is 0 Å². The Kier molecular flexibility index (Phi) is 7.65. The summed E-state index contributed by atoms with van der Waals surface area (Å²) in [6, 6.07) is 7.83. The van der Waals surface area contributed by atoms with Gasteiger partial charge >= 0.3 is 7.60 Å². The summed E-state index contributed by atoms with van der Waals surface area (Å²) in [4.78, 5) is 10.0. The molecule has 5 N–H and O–H groups in total. The van der Waals surface area contributed by atoms with Gasteiger partial charge < -0.3 is 19.9 Å². The molecule has 0 amide bonds. The fourth-order valence-corrected chi connectivity index (χ4v) is 7.43. The SMILES string of the molecule is Cc1c(S(=O)(=O)NCP(=O)(O)Oc2ccc(C#N)c(F)c2)sc2c(Cl)cc(OCC[NH3+])cc12. The van der Waals surface area contributed by atoms with E-state index in [1.165, 1.54) is 0 Å². The van der Waals surface area contributed by atoms with Crippen molar-refractivity contribution in [3.8, 4) is 17.6 Å². The number of nitrogens with zero attached hydrogens (tertiary/aromatic N) is 1. The summed E-state index contributed by atoms with van der Waals surface area (Å²) >= 11 is 7.20. The first-order valence-corrected chi connectivity index (χ1v) is 13.8. The summed E-state index contributed by atoms with van der Waals surface area (Å²) in [7, 11) is -8.76. The molecule has 176 valence electrons. The van der Waals surface area contributed by atoms with Crippen LogP contribution in [0.25, 0.3) is 10.1 Å². The van der Waals surface area contributed by atoms with Crippen molar-refractivity contribution < 1.29 is 37.3 Å². The maximum absolute atomic E-state index is 13.7. The topological polar surface area (TPSA) is 153 Å². The van der Waals surface area contributed by atoms with Crippen molar-refractivity contribution in [1.82, 2.24) is 4.72 Å². The highest BCUT2D eigenvalue weighted by Gasteiger charge is 2.29. The smallest absolute Gasteiger partial charge is 0.391 e. The van der Waals surface area contributed by atoms with Gasteiger partial charge in [-0.15, -0.1) is 11.3 Å². The Morgan fingerprint density at radius 2 is 2.06 bits per heavy atom. The van der Waals surface area contributed by atoms with Crippen LogP contribution < -0.4 is 19.7 Å². The molecule has 1 heterocycles. The van der Waals surface area contributed by atoms with Crippen molar-refractivity contribution in [3.63, 3.8) is 0 Å². The minimum Gasteiger partial charge on any atom is -0.488 e. The van der Waals surface area contributed by atoms with E-state index < -0.39 is 29.7 Å². The van der Waals surface area contributed by atoms with Gasteiger partial charge in [0.15, 0.2) is 0 Å². The molecule has 0 radical (unpaired) electrons. The number of hydrogen-bond acceptors (Lipinski definition) is 7. The Bertz CT molecular complexity index is 1410. The fraction of sp³-hybridized carbons (Fsp3) is 0.211. The molecule has 1 atom stereocenters. The van der Waals surface area contributed by atoms with Crippen molar-refractivity contribution in [2.45, 2.75) is 11.1 Å². The monoisotopic (exact) mass is 534 g/mol. The van der Waals surface area contributed by atoms with Crippen LogP contribution in [-0.2, 0) is 14.6 Å². The van der Waals surface area contributed by atoms with Crippen LogP contribution in [0.5, 0.6) is 11.5 Å². The molecular weight excluding hydrogens is 516 g/mol. The van der Waals surface area contributed by atoms with Crippen LogP contribution in [0.2, 0.25) is 5.02 Å². The second-order valence-corrected chi connectivity index (χ2v) is 12.0. The number of nitriles is 1. The highest BCUT2D eigenvalue weighted by Crippen LogP contribution is 2.44. The van der Waals surface area contributed by atoms with Crippen LogP contribution in [0, 0.1) is 24.1 Å². The summed E-state index contributed by atoms with van der Waals surface area (Å²) in [6.45, 7) is 2.50.